The Kier molecular flexibility index (Phi) is 5.81. The van der Waals surface area contributed by atoms with E-state index in [9.17, 15) is 14.3 Å². The Morgan fingerprint density at radius 3 is 2.74 bits per heavy atom. The van der Waals surface area contributed by atoms with Gasteiger partial charge in [0, 0.05) is 12.3 Å². The van der Waals surface area contributed by atoms with Gasteiger partial charge in [0.25, 0.3) is 0 Å². The summed E-state index contributed by atoms with van der Waals surface area (Å²) in [5.41, 5.74) is 3.30. The largest absolute Gasteiger partial charge is 0.387 e. The number of nitrogens with one attached hydrogen (secondary N) is 2. The molecule has 10 heteroatoms. The fourth-order valence-electron chi connectivity index (χ4n) is 3.07. The highest BCUT2D eigenvalue weighted by Gasteiger charge is 2.43. The highest BCUT2D eigenvalue weighted by atomic mass is 19.1. The summed E-state index contributed by atoms with van der Waals surface area (Å²) in [5.74, 6) is -0.235. The zero-order chi connectivity index (χ0) is 22.0. The zero-order valence-electron chi connectivity index (χ0n) is 17.1. The van der Waals surface area contributed by atoms with Crippen molar-refractivity contribution in [1.82, 2.24) is 24.9 Å². The van der Waals surface area contributed by atoms with Crippen molar-refractivity contribution < 1.29 is 14.3 Å². The van der Waals surface area contributed by atoms with Crippen molar-refractivity contribution in [2.24, 2.45) is 5.92 Å². The average molecular weight is 423 g/mol. The summed E-state index contributed by atoms with van der Waals surface area (Å²) in [6, 6.07) is 3.41. The van der Waals surface area contributed by atoms with E-state index in [1.807, 2.05) is 19.9 Å². The van der Waals surface area contributed by atoms with Crippen LogP contribution in [0.2, 0.25) is 0 Å². The second-order valence-electron chi connectivity index (χ2n) is 7.39. The van der Waals surface area contributed by atoms with Gasteiger partial charge in [-0.05, 0) is 31.4 Å². The number of carbonyl (C=O) groups is 1. The molecule has 3 N–H and O–H groups in total. The molecule has 2 unspecified atom stereocenters. The van der Waals surface area contributed by atoms with Crippen molar-refractivity contribution in [3.63, 3.8) is 0 Å². The molecule has 1 saturated carbocycles. The lowest BCUT2D eigenvalue weighted by molar-refractivity contribution is -0.117. The number of aromatic nitrogens is 5. The molecule has 31 heavy (non-hydrogen) atoms. The van der Waals surface area contributed by atoms with E-state index in [1.54, 1.807) is 18.5 Å². The number of pyridine rings is 1. The van der Waals surface area contributed by atoms with Crippen LogP contribution in [0, 0.1) is 12.8 Å². The van der Waals surface area contributed by atoms with E-state index in [4.69, 9.17) is 0 Å². The number of aryl methyl sites for hydroxylation is 1. The Morgan fingerprint density at radius 1 is 1.23 bits per heavy atom. The van der Waals surface area contributed by atoms with Crippen LogP contribution in [0.3, 0.4) is 0 Å². The lowest BCUT2D eigenvalue weighted by atomic mass is 10.1. The SMILES string of the molecule is CC[C@H](O)c1cc(C)c(Nc2ncncc2-c2cc(NC(=O)C3CC3F)ncn2)cn1. The topological polar surface area (TPSA) is 126 Å². The van der Waals surface area contributed by atoms with Crippen molar-refractivity contribution in [3.05, 3.63) is 48.4 Å². The number of rotatable bonds is 7. The summed E-state index contributed by atoms with van der Waals surface area (Å²) < 4.78 is 13.1. The van der Waals surface area contributed by atoms with E-state index in [0.717, 1.165) is 11.3 Å². The lowest BCUT2D eigenvalue weighted by Crippen LogP contribution is -2.16. The van der Waals surface area contributed by atoms with Crippen LogP contribution in [-0.2, 0) is 4.79 Å². The summed E-state index contributed by atoms with van der Waals surface area (Å²) in [6.07, 6.45) is 5.09. The van der Waals surface area contributed by atoms with Gasteiger partial charge < -0.3 is 15.7 Å². The van der Waals surface area contributed by atoms with E-state index in [1.165, 1.54) is 12.7 Å². The minimum Gasteiger partial charge on any atom is -0.387 e. The first-order chi connectivity index (χ1) is 15.0. The standard InChI is InChI=1S/C21H22FN7O2/c1-3-18(30)16-4-11(2)17(8-24-16)28-20-13(7-23-9-27-20)15-6-19(26-10-25-15)29-21(31)12-5-14(12)22/h4,6-10,12,14,18,30H,3,5H2,1-2H3,(H,23,27,28)(H,25,26,29,31)/t12?,14?,18-/m0/s1. The predicted octanol–water partition coefficient (Wildman–Crippen LogP) is 3.12. The van der Waals surface area contributed by atoms with Crippen LogP contribution in [0.5, 0.6) is 0 Å². The second kappa shape index (κ2) is 8.68. The summed E-state index contributed by atoms with van der Waals surface area (Å²) in [5, 5.41) is 15.8. The molecule has 0 bridgehead atoms. The quantitative estimate of drug-likeness (QED) is 0.529. The van der Waals surface area contributed by atoms with Crippen molar-refractivity contribution in [3.8, 4) is 11.3 Å². The Morgan fingerprint density at radius 2 is 2.03 bits per heavy atom. The number of nitrogens with zero attached hydrogens (tertiary/aromatic N) is 5. The average Bonchev–Trinajstić information content (AvgIpc) is 3.52. The molecule has 3 aromatic rings. The summed E-state index contributed by atoms with van der Waals surface area (Å²) in [6.45, 7) is 3.80. The Hall–Kier alpha value is -3.53. The van der Waals surface area contributed by atoms with Gasteiger partial charge in [0.05, 0.1) is 40.9 Å². The van der Waals surface area contributed by atoms with Crippen LogP contribution in [0.15, 0.2) is 37.2 Å². The fourth-order valence-corrected chi connectivity index (χ4v) is 3.07. The first-order valence-electron chi connectivity index (χ1n) is 9.95. The maximum absolute atomic E-state index is 13.1. The molecule has 9 nitrogen and oxygen atoms in total. The van der Waals surface area contributed by atoms with Gasteiger partial charge in [0.15, 0.2) is 0 Å². The van der Waals surface area contributed by atoms with Crippen LogP contribution in [0.1, 0.15) is 37.1 Å². The minimum atomic E-state index is -1.08. The molecule has 0 saturated heterocycles. The molecule has 0 aliphatic heterocycles. The van der Waals surface area contributed by atoms with E-state index in [-0.39, 0.29) is 12.2 Å². The van der Waals surface area contributed by atoms with Gasteiger partial charge in [-0.15, -0.1) is 0 Å². The van der Waals surface area contributed by atoms with Crippen LogP contribution < -0.4 is 10.6 Å². The Balaban J connectivity index is 1.58. The molecule has 1 aliphatic carbocycles. The molecule has 4 rings (SSSR count). The molecule has 3 heterocycles. The van der Waals surface area contributed by atoms with Crippen molar-refractivity contribution in [2.75, 3.05) is 10.6 Å². The Bertz CT molecular complexity index is 1110. The monoisotopic (exact) mass is 423 g/mol. The van der Waals surface area contributed by atoms with Crippen LogP contribution >= 0.6 is 0 Å². The highest BCUT2D eigenvalue weighted by Crippen LogP contribution is 2.35. The molecule has 0 radical (unpaired) electrons. The molecular formula is C21H22FN7O2. The third-order valence-electron chi connectivity index (χ3n) is 5.07. The molecule has 1 amide bonds. The van der Waals surface area contributed by atoms with Gasteiger partial charge >= 0.3 is 0 Å². The van der Waals surface area contributed by atoms with Crippen LogP contribution in [0.25, 0.3) is 11.3 Å². The second-order valence-corrected chi connectivity index (χ2v) is 7.39. The number of alkyl halides is 1. The predicted molar refractivity (Wildman–Crippen MR) is 112 cm³/mol. The van der Waals surface area contributed by atoms with Crippen molar-refractivity contribution in [2.45, 2.75) is 39.0 Å². The number of anilines is 3. The van der Waals surface area contributed by atoms with Gasteiger partial charge in [0.2, 0.25) is 5.91 Å². The number of hydrogen-bond acceptors (Lipinski definition) is 8. The van der Waals surface area contributed by atoms with Gasteiger partial charge in [-0.3, -0.25) is 9.78 Å². The third-order valence-corrected chi connectivity index (χ3v) is 5.07. The summed E-state index contributed by atoms with van der Waals surface area (Å²) >= 11 is 0. The minimum absolute atomic E-state index is 0.242. The van der Waals surface area contributed by atoms with E-state index in [0.29, 0.717) is 29.2 Å². The number of hydrogen-bond donors (Lipinski definition) is 3. The van der Waals surface area contributed by atoms with Crippen molar-refractivity contribution in [1.29, 1.82) is 0 Å². The number of halogens is 1. The number of aliphatic hydroxyl groups is 1. The van der Waals surface area contributed by atoms with Crippen LogP contribution in [0.4, 0.5) is 21.7 Å². The third kappa shape index (κ3) is 4.64. The zero-order valence-corrected chi connectivity index (χ0v) is 17.1. The maximum atomic E-state index is 13.1. The van der Waals surface area contributed by atoms with E-state index in [2.05, 4.69) is 35.6 Å². The lowest BCUT2D eigenvalue weighted by Gasteiger charge is -2.14. The molecule has 3 atom stereocenters. The molecule has 0 aromatic carbocycles. The first kappa shape index (κ1) is 20.7. The fraction of sp³-hybridized carbons (Fsp3) is 0.333. The highest BCUT2D eigenvalue weighted by molar-refractivity contribution is 5.94. The van der Waals surface area contributed by atoms with Crippen molar-refractivity contribution >= 4 is 23.2 Å². The van der Waals surface area contributed by atoms with Gasteiger partial charge in [0.1, 0.15) is 30.5 Å². The molecule has 1 fully saturated rings. The smallest absolute Gasteiger partial charge is 0.231 e. The molecular weight excluding hydrogens is 401 g/mol. The number of aliphatic hydroxyl groups excluding tert-OH is 1. The summed E-state index contributed by atoms with van der Waals surface area (Å²) in [4.78, 5) is 33.0. The molecule has 160 valence electrons. The Labute approximate surface area is 178 Å². The van der Waals surface area contributed by atoms with Crippen LogP contribution in [-0.4, -0.2) is 42.1 Å². The van der Waals surface area contributed by atoms with Gasteiger partial charge in [-0.25, -0.2) is 24.3 Å². The molecule has 0 spiro atoms. The van der Waals surface area contributed by atoms with Gasteiger partial charge in [-0.1, -0.05) is 6.92 Å². The molecule has 1 aliphatic rings. The summed E-state index contributed by atoms with van der Waals surface area (Å²) in [7, 11) is 0. The van der Waals surface area contributed by atoms with E-state index >= 15 is 0 Å². The van der Waals surface area contributed by atoms with Gasteiger partial charge in [-0.2, -0.15) is 0 Å². The maximum Gasteiger partial charge on any atom is 0.231 e. The van der Waals surface area contributed by atoms with E-state index < -0.39 is 24.1 Å². The molecule has 3 aromatic heterocycles. The normalized spacial score (nSPS) is 18.3. The number of amides is 1. The first-order valence-corrected chi connectivity index (χ1v) is 9.95. The number of carbonyl (C=O) groups excluding carboxylic acids is 1.